The number of piperidine rings is 3. The maximum Gasteiger partial charge on any atom is 0.246 e. The van der Waals surface area contributed by atoms with E-state index >= 15 is 0 Å². The Labute approximate surface area is 179 Å². The number of aromatic nitrogens is 2. The summed E-state index contributed by atoms with van der Waals surface area (Å²) in [5, 5.41) is 7.84. The predicted molar refractivity (Wildman–Crippen MR) is 119 cm³/mol. The van der Waals surface area contributed by atoms with Crippen LogP contribution in [0.4, 0.5) is 5.69 Å². The van der Waals surface area contributed by atoms with Gasteiger partial charge in [-0.25, -0.2) is 0 Å². The van der Waals surface area contributed by atoms with E-state index in [2.05, 4.69) is 71.3 Å². The summed E-state index contributed by atoms with van der Waals surface area (Å²) in [6.07, 6.45) is 2.33. The maximum absolute atomic E-state index is 11.7. The summed E-state index contributed by atoms with van der Waals surface area (Å²) in [6.45, 7) is 2.99. The number of ether oxygens (including phenoxy) is 1. The number of nitrogens with one attached hydrogen (secondary N) is 1. The van der Waals surface area contributed by atoms with Gasteiger partial charge in [-0.2, -0.15) is 5.10 Å². The highest BCUT2D eigenvalue weighted by Crippen LogP contribution is 2.42. The molecule has 3 aliphatic heterocycles. The van der Waals surface area contributed by atoms with E-state index in [1.165, 1.54) is 17.8 Å². The summed E-state index contributed by atoms with van der Waals surface area (Å²) in [4.78, 5) is 16.4. The van der Waals surface area contributed by atoms with Crippen LogP contribution in [0.5, 0.6) is 0 Å². The van der Waals surface area contributed by atoms with Gasteiger partial charge >= 0.3 is 0 Å². The Hall–Kier alpha value is -2.38. The lowest BCUT2D eigenvalue weighted by molar-refractivity contribution is -0.125. The molecule has 30 heavy (non-hydrogen) atoms. The zero-order valence-electron chi connectivity index (χ0n) is 18.5. The van der Waals surface area contributed by atoms with E-state index in [-0.39, 0.29) is 12.5 Å². The first-order valence-corrected chi connectivity index (χ1v) is 10.8. The molecule has 1 aromatic heterocycles. The molecule has 3 aliphatic rings. The molecule has 0 aliphatic carbocycles. The highest BCUT2D eigenvalue weighted by molar-refractivity contribution is 5.77. The van der Waals surface area contributed by atoms with Gasteiger partial charge < -0.3 is 15.0 Å². The maximum atomic E-state index is 11.7. The number of hydrogen-bond donors (Lipinski definition) is 1. The third-order valence-corrected chi connectivity index (χ3v) is 6.66. The Morgan fingerprint density at radius 2 is 2.07 bits per heavy atom. The van der Waals surface area contributed by atoms with Crippen LogP contribution in [0.2, 0.25) is 0 Å². The van der Waals surface area contributed by atoms with Crippen LogP contribution in [-0.4, -0.2) is 74.1 Å². The van der Waals surface area contributed by atoms with Crippen molar-refractivity contribution in [2.45, 2.75) is 24.8 Å². The van der Waals surface area contributed by atoms with Crippen LogP contribution in [0.25, 0.3) is 11.3 Å². The summed E-state index contributed by atoms with van der Waals surface area (Å²) in [6, 6.07) is 11.3. The summed E-state index contributed by atoms with van der Waals surface area (Å²) in [5.74, 6) is 1.10. The van der Waals surface area contributed by atoms with Crippen LogP contribution in [0, 0.1) is 5.92 Å². The number of methoxy groups -OCH3 is 1. The van der Waals surface area contributed by atoms with Crippen molar-refractivity contribution in [3.05, 3.63) is 36.0 Å². The molecule has 0 radical (unpaired) electrons. The number of amides is 1. The highest BCUT2D eigenvalue weighted by atomic mass is 16.5. The average Bonchev–Trinajstić information content (AvgIpc) is 3.14. The first-order valence-electron chi connectivity index (χ1n) is 10.8. The molecular weight excluding hydrogens is 378 g/mol. The molecule has 162 valence electrons. The van der Waals surface area contributed by atoms with Crippen molar-refractivity contribution in [3.63, 3.8) is 0 Å². The Kier molecular flexibility index (Phi) is 6.11. The zero-order chi connectivity index (χ0) is 21.3. The smallest absolute Gasteiger partial charge is 0.246 e. The van der Waals surface area contributed by atoms with E-state index in [0.717, 1.165) is 30.8 Å². The van der Waals surface area contributed by atoms with E-state index in [0.29, 0.717) is 24.4 Å². The molecular formula is C23H33N5O2. The molecule has 5 rings (SSSR count). The normalized spacial score (nSPS) is 25.3. The summed E-state index contributed by atoms with van der Waals surface area (Å²) in [7, 11) is 7.72. The van der Waals surface area contributed by atoms with Gasteiger partial charge in [0.05, 0.1) is 5.69 Å². The van der Waals surface area contributed by atoms with Crippen molar-refractivity contribution < 1.29 is 9.53 Å². The standard InChI is InChI=1S/C23H33N5O2/c1-26(2)18-7-5-16(6-8-18)21-12-22(27(3)25-21)20-14-28-10-9-17(20)11-19(28)13-24-23(29)15-30-4/h5-8,12,17,19-20H,9-11,13-15H2,1-4H3,(H,24,29)/t17-,19+,20-/m0/s1. The minimum Gasteiger partial charge on any atom is -0.378 e. The Balaban J connectivity index is 1.45. The number of aryl methyl sites for hydroxylation is 1. The number of carbonyl (C=O) groups excluding carboxylic acids is 1. The van der Waals surface area contributed by atoms with Crippen molar-refractivity contribution in [1.29, 1.82) is 0 Å². The first-order chi connectivity index (χ1) is 14.5. The van der Waals surface area contributed by atoms with Gasteiger partial charge in [-0.1, -0.05) is 12.1 Å². The van der Waals surface area contributed by atoms with Gasteiger partial charge in [0.2, 0.25) is 5.91 Å². The molecule has 2 aromatic rings. The van der Waals surface area contributed by atoms with Crippen molar-refractivity contribution in [2.75, 3.05) is 52.3 Å². The lowest BCUT2D eigenvalue weighted by atomic mass is 9.74. The number of benzene rings is 1. The van der Waals surface area contributed by atoms with E-state index in [9.17, 15) is 4.79 Å². The number of fused-ring (bicyclic) bond motifs is 3. The van der Waals surface area contributed by atoms with Gasteiger partial charge in [-0.3, -0.25) is 14.4 Å². The van der Waals surface area contributed by atoms with Crippen molar-refractivity contribution in [1.82, 2.24) is 20.0 Å². The van der Waals surface area contributed by atoms with Crippen LogP contribution in [-0.2, 0) is 16.6 Å². The minimum atomic E-state index is -0.0340. The van der Waals surface area contributed by atoms with Gasteiger partial charge in [0.15, 0.2) is 0 Å². The molecule has 1 unspecified atom stereocenters. The van der Waals surface area contributed by atoms with E-state index in [1.807, 2.05) is 0 Å². The molecule has 0 saturated carbocycles. The van der Waals surface area contributed by atoms with Crippen LogP contribution in [0.15, 0.2) is 30.3 Å². The largest absolute Gasteiger partial charge is 0.378 e. The number of carbonyl (C=O) groups is 1. The van der Waals surface area contributed by atoms with Gasteiger partial charge in [-0.15, -0.1) is 0 Å². The predicted octanol–water partition coefficient (Wildman–Crippen LogP) is 2.09. The third kappa shape index (κ3) is 4.23. The summed E-state index contributed by atoms with van der Waals surface area (Å²) < 4.78 is 6.98. The molecule has 1 N–H and O–H groups in total. The van der Waals surface area contributed by atoms with E-state index < -0.39 is 0 Å². The molecule has 7 heteroatoms. The second-order valence-electron chi connectivity index (χ2n) is 8.80. The molecule has 3 saturated heterocycles. The molecule has 4 heterocycles. The fraction of sp³-hybridized carbons (Fsp3) is 0.565. The van der Waals surface area contributed by atoms with Gasteiger partial charge in [0.25, 0.3) is 0 Å². The monoisotopic (exact) mass is 411 g/mol. The minimum absolute atomic E-state index is 0.0340. The second-order valence-corrected chi connectivity index (χ2v) is 8.80. The van der Waals surface area contributed by atoms with Crippen LogP contribution >= 0.6 is 0 Å². The summed E-state index contributed by atoms with van der Waals surface area (Å²) >= 11 is 0. The Morgan fingerprint density at radius 3 is 2.70 bits per heavy atom. The molecule has 2 bridgehead atoms. The Morgan fingerprint density at radius 1 is 1.30 bits per heavy atom. The fourth-order valence-corrected chi connectivity index (χ4v) is 5.00. The van der Waals surface area contributed by atoms with Crippen LogP contribution in [0.1, 0.15) is 24.5 Å². The third-order valence-electron chi connectivity index (χ3n) is 6.66. The number of hydrogen-bond acceptors (Lipinski definition) is 5. The lowest BCUT2D eigenvalue weighted by Gasteiger charge is -2.50. The SMILES string of the molecule is COCC(=O)NC[C@H]1C[C@@H]2CCN1C[C@@H]2c1cc(-c2ccc(N(C)C)cc2)nn1C. The molecule has 1 aromatic carbocycles. The molecule has 3 fully saturated rings. The fourth-order valence-electron chi connectivity index (χ4n) is 5.00. The topological polar surface area (TPSA) is 62.6 Å². The van der Waals surface area contributed by atoms with Gasteiger partial charge in [0, 0.05) is 70.2 Å². The average molecular weight is 412 g/mol. The molecule has 7 nitrogen and oxygen atoms in total. The zero-order valence-corrected chi connectivity index (χ0v) is 18.5. The number of nitrogens with zero attached hydrogens (tertiary/aromatic N) is 4. The first kappa shape index (κ1) is 20.9. The lowest BCUT2D eigenvalue weighted by Crippen LogP contribution is -2.56. The molecule has 4 atom stereocenters. The number of rotatable bonds is 7. The van der Waals surface area contributed by atoms with Crippen molar-refractivity contribution in [3.8, 4) is 11.3 Å². The van der Waals surface area contributed by atoms with E-state index in [1.54, 1.807) is 7.11 Å². The molecule has 1 amide bonds. The molecule has 0 spiro atoms. The second kappa shape index (κ2) is 8.78. The van der Waals surface area contributed by atoms with Crippen LogP contribution in [0.3, 0.4) is 0 Å². The van der Waals surface area contributed by atoms with Crippen LogP contribution < -0.4 is 10.2 Å². The highest BCUT2D eigenvalue weighted by Gasteiger charge is 2.41. The Bertz CT molecular complexity index is 876. The summed E-state index contributed by atoms with van der Waals surface area (Å²) in [5.41, 5.74) is 4.70. The van der Waals surface area contributed by atoms with E-state index in [4.69, 9.17) is 9.84 Å². The van der Waals surface area contributed by atoms with Crippen molar-refractivity contribution >= 4 is 11.6 Å². The van der Waals surface area contributed by atoms with Crippen molar-refractivity contribution in [2.24, 2.45) is 13.0 Å². The number of anilines is 1. The van der Waals surface area contributed by atoms with Gasteiger partial charge in [-0.05, 0) is 43.5 Å². The quantitative estimate of drug-likeness (QED) is 0.756. The van der Waals surface area contributed by atoms with Gasteiger partial charge in [0.1, 0.15) is 6.61 Å².